The van der Waals surface area contributed by atoms with Crippen molar-refractivity contribution >= 4 is 28.7 Å². The maximum Gasteiger partial charge on any atom is 0.0754 e. The molecular formula is C17H15NS. The van der Waals surface area contributed by atoms with Gasteiger partial charge < -0.3 is 4.98 Å². The summed E-state index contributed by atoms with van der Waals surface area (Å²) in [5, 5.41) is 3.67. The summed E-state index contributed by atoms with van der Waals surface area (Å²) in [5.74, 6) is 1.10. The molecule has 1 unspecified atom stereocenters. The Kier molecular flexibility index (Phi) is 2.56. The van der Waals surface area contributed by atoms with E-state index in [1.54, 1.807) is 0 Å². The van der Waals surface area contributed by atoms with Crippen molar-refractivity contribution in [2.75, 3.05) is 0 Å². The number of nitrogens with one attached hydrogen (secondary N) is 1. The maximum absolute atomic E-state index is 3.63. The molecule has 1 nitrogen and oxygen atoms in total. The first-order chi connectivity index (χ1) is 9.42. The molecule has 94 valence electrons. The number of benzene rings is 1. The van der Waals surface area contributed by atoms with E-state index in [0.29, 0.717) is 0 Å². The van der Waals surface area contributed by atoms with Gasteiger partial charge in [-0.3, -0.25) is 0 Å². The van der Waals surface area contributed by atoms with E-state index in [-0.39, 0.29) is 10.5 Å². The molecule has 0 saturated heterocycles. The van der Waals surface area contributed by atoms with Crippen LogP contribution >= 0.6 is 10.5 Å². The number of hydrogen-bond acceptors (Lipinski definition) is 0. The van der Waals surface area contributed by atoms with E-state index in [9.17, 15) is 0 Å². The summed E-state index contributed by atoms with van der Waals surface area (Å²) < 4.78 is 1.41. The third-order valence-corrected chi connectivity index (χ3v) is 5.60. The van der Waals surface area contributed by atoms with Gasteiger partial charge in [-0.1, -0.05) is 48.6 Å². The molecule has 0 saturated carbocycles. The summed E-state index contributed by atoms with van der Waals surface area (Å²) in [6, 6.07) is 10.8. The molecule has 2 heteroatoms. The quantitative estimate of drug-likeness (QED) is 0.792. The van der Waals surface area contributed by atoms with E-state index in [2.05, 4.69) is 65.0 Å². The minimum absolute atomic E-state index is 0.192. The molecule has 0 amide bonds. The van der Waals surface area contributed by atoms with E-state index in [0.717, 1.165) is 12.2 Å². The van der Waals surface area contributed by atoms with Crippen molar-refractivity contribution in [1.29, 1.82) is 0 Å². The monoisotopic (exact) mass is 265 g/mol. The van der Waals surface area contributed by atoms with Crippen molar-refractivity contribution in [1.82, 2.24) is 4.98 Å². The normalized spacial score (nSPS) is 19.1. The number of aromatic amines is 1. The molecule has 2 heterocycles. The Balaban J connectivity index is 1.85. The number of aromatic nitrogens is 1. The molecule has 1 aromatic heterocycles. The molecule has 4 rings (SSSR count). The Hall–Kier alpha value is -1.80. The SMILES string of the molecule is C1=Cc2c3c([nH]c2=CC1)=S(Cc1ccccc1)C=C3. The third kappa shape index (κ3) is 1.83. The zero-order valence-corrected chi connectivity index (χ0v) is 11.4. The van der Waals surface area contributed by atoms with Gasteiger partial charge in [0.1, 0.15) is 0 Å². The van der Waals surface area contributed by atoms with E-state index in [4.69, 9.17) is 0 Å². The standard InChI is InChI=1S/C17H15NS/c1-2-6-13(7-3-1)12-19-11-10-15-14-8-4-5-9-16(14)18-17(15)19/h1-4,6-11,18H,5,12H2. The number of H-pyrrole nitrogens is 1. The fourth-order valence-corrected chi connectivity index (χ4v) is 4.63. The number of allylic oxidation sites excluding steroid dienone is 1. The topological polar surface area (TPSA) is 15.8 Å². The van der Waals surface area contributed by atoms with Crippen LogP contribution in [0.25, 0.3) is 18.2 Å². The fourth-order valence-electron chi connectivity index (χ4n) is 2.70. The predicted octanol–water partition coefficient (Wildman–Crippen LogP) is 3.92. The minimum atomic E-state index is 0.192. The maximum atomic E-state index is 3.63. The summed E-state index contributed by atoms with van der Waals surface area (Å²) in [5.41, 5.74) is 4.19. The van der Waals surface area contributed by atoms with Gasteiger partial charge in [0.25, 0.3) is 0 Å². The van der Waals surface area contributed by atoms with Crippen molar-refractivity contribution < 1.29 is 0 Å². The lowest BCUT2D eigenvalue weighted by molar-refractivity contribution is 1.27. The van der Waals surface area contributed by atoms with Gasteiger partial charge in [0.15, 0.2) is 0 Å². The second kappa shape index (κ2) is 4.39. The molecule has 1 aliphatic heterocycles. The van der Waals surface area contributed by atoms with Crippen LogP contribution in [0.5, 0.6) is 0 Å². The van der Waals surface area contributed by atoms with E-state index < -0.39 is 0 Å². The molecule has 1 aromatic carbocycles. The van der Waals surface area contributed by atoms with Crippen LogP contribution < -0.4 is 5.35 Å². The first-order valence-corrected chi connectivity index (χ1v) is 8.05. The summed E-state index contributed by atoms with van der Waals surface area (Å²) in [6.45, 7) is 0. The van der Waals surface area contributed by atoms with Gasteiger partial charge in [-0.15, -0.1) is 10.5 Å². The van der Waals surface area contributed by atoms with E-state index in [1.807, 2.05) is 0 Å². The molecule has 0 radical (unpaired) electrons. The summed E-state index contributed by atoms with van der Waals surface area (Å²) in [6.07, 6.45) is 10.1. The van der Waals surface area contributed by atoms with Gasteiger partial charge in [-0.05, 0) is 23.5 Å². The van der Waals surface area contributed by atoms with Crippen LogP contribution in [0.15, 0.2) is 41.8 Å². The van der Waals surface area contributed by atoms with Crippen LogP contribution in [0.4, 0.5) is 0 Å². The van der Waals surface area contributed by atoms with Gasteiger partial charge in [-0.2, -0.15) is 0 Å². The van der Waals surface area contributed by atoms with Crippen LogP contribution in [0, 0.1) is 4.64 Å². The van der Waals surface area contributed by atoms with Crippen LogP contribution in [0.2, 0.25) is 0 Å². The van der Waals surface area contributed by atoms with E-state index in [1.165, 1.54) is 26.7 Å². The molecule has 1 aliphatic carbocycles. The second-order valence-corrected chi connectivity index (χ2v) is 6.73. The van der Waals surface area contributed by atoms with Gasteiger partial charge in [0.05, 0.1) is 4.64 Å². The molecule has 0 bridgehead atoms. The largest absolute Gasteiger partial charge is 0.350 e. The highest BCUT2D eigenvalue weighted by Gasteiger charge is 2.13. The smallest absolute Gasteiger partial charge is 0.0754 e. The van der Waals surface area contributed by atoms with Crippen molar-refractivity contribution in [3.05, 3.63) is 68.5 Å². The third-order valence-electron chi connectivity index (χ3n) is 3.64. The molecular weight excluding hydrogens is 250 g/mol. The summed E-state index contributed by atoms with van der Waals surface area (Å²) in [4.78, 5) is 3.63. The highest BCUT2D eigenvalue weighted by Crippen LogP contribution is 2.34. The van der Waals surface area contributed by atoms with Gasteiger partial charge in [-0.25, -0.2) is 0 Å². The molecule has 1 N–H and O–H groups in total. The molecule has 19 heavy (non-hydrogen) atoms. The van der Waals surface area contributed by atoms with Crippen LogP contribution in [0.1, 0.15) is 23.1 Å². The lowest BCUT2D eigenvalue weighted by Crippen LogP contribution is -2.06. The molecule has 0 spiro atoms. The summed E-state index contributed by atoms with van der Waals surface area (Å²) >= 11 is 0. The zero-order valence-electron chi connectivity index (χ0n) is 10.6. The van der Waals surface area contributed by atoms with Crippen LogP contribution in [-0.4, -0.2) is 4.98 Å². The number of rotatable bonds is 2. The van der Waals surface area contributed by atoms with Gasteiger partial charge in [0.2, 0.25) is 0 Å². The first-order valence-electron chi connectivity index (χ1n) is 6.59. The summed E-state index contributed by atoms with van der Waals surface area (Å²) in [7, 11) is 0.192. The van der Waals surface area contributed by atoms with Gasteiger partial charge >= 0.3 is 0 Å². The average Bonchev–Trinajstić information content (AvgIpc) is 3.00. The van der Waals surface area contributed by atoms with Crippen molar-refractivity contribution in [3.8, 4) is 0 Å². The fraction of sp³-hybridized carbons (Fsp3) is 0.118. The second-order valence-electron chi connectivity index (χ2n) is 4.90. The van der Waals surface area contributed by atoms with Crippen molar-refractivity contribution in [2.45, 2.75) is 12.2 Å². The van der Waals surface area contributed by atoms with Gasteiger partial charge in [0, 0.05) is 22.2 Å². The minimum Gasteiger partial charge on any atom is -0.350 e. The lowest BCUT2D eigenvalue weighted by Gasteiger charge is -2.01. The van der Waals surface area contributed by atoms with Crippen molar-refractivity contribution in [2.24, 2.45) is 0 Å². The van der Waals surface area contributed by atoms with Crippen molar-refractivity contribution in [3.63, 3.8) is 0 Å². The number of fused-ring (bicyclic) bond motifs is 3. The average molecular weight is 265 g/mol. The molecule has 1 atom stereocenters. The molecule has 2 aromatic rings. The Morgan fingerprint density at radius 1 is 1.05 bits per heavy atom. The Labute approximate surface area is 114 Å². The Morgan fingerprint density at radius 3 is 2.84 bits per heavy atom. The highest BCUT2D eigenvalue weighted by molar-refractivity contribution is 8.11. The molecule has 0 fully saturated rings. The zero-order chi connectivity index (χ0) is 12.7. The number of hydrogen-bond donors (Lipinski definition) is 1. The Morgan fingerprint density at radius 2 is 1.95 bits per heavy atom. The lowest BCUT2D eigenvalue weighted by atomic mass is 10.1. The Bertz CT molecular complexity index is 807. The first kappa shape index (κ1) is 11.1. The molecule has 2 aliphatic rings. The van der Waals surface area contributed by atoms with Crippen LogP contribution in [0.3, 0.4) is 0 Å². The highest BCUT2D eigenvalue weighted by atomic mass is 32.2. The van der Waals surface area contributed by atoms with Crippen LogP contribution in [-0.2, 0) is 5.75 Å². The predicted molar refractivity (Wildman–Crippen MR) is 84.1 cm³/mol. The van der Waals surface area contributed by atoms with E-state index >= 15 is 0 Å².